The lowest BCUT2D eigenvalue weighted by molar-refractivity contribution is 0.661. The van der Waals surface area contributed by atoms with E-state index in [0.29, 0.717) is 0 Å². The van der Waals surface area contributed by atoms with Gasteiger partial charge in [0, 0.05) is 43.3 Å². The first-order valence-corrected chi connectivity index (χ1v) is 19.1. The number of rotatable bonds is 2. The molecule has 0 saturated carbocycles. The second kappa shape index (κ2) is 10.1. The Morgan fingerprint density at radius 1 is 0.491 bits per heavy atom. The molecule has 8 aromatic carbocycles. The highest BCUT2D eigenvalue weighted by atomic mass is 15.1. The zero-order chi connectivity index (χ0) is 36.2. The van der Waals surface area contributed by atoms with E-state index in [1.54, 1.807) is 0 Å². The third-order valence-corrected chi connectivity index (χ3v) is 12.6. The summed E-state index contributed by atoms with van der Waals surface area (Å²) >= 11 is 0. The van der Waals surface area contributed by atoms with Crippen molar-refractivity contribution in [3.8, 4) is 28.2 Å². The molecule has 256 valence electrons. The summed E-state index contributed by atoms with van der Waals surface area (Å²) < 4.78 is 4.93. The Balaban J connectivity index is 1.26. The predicted molar refractivity (Wildman–Crippen MR) is 229 cm³/mol. The third-order valence-electron chi connectivity index (χ3n) is 12.6. The van der Waals surface area contributed by atoms with Crippen molar-refractivity contribution >= 4 is 81.7 Å². The lowest BCUT2D eigenvalue weighted by Crippen LogP contribution is -2.14. The van der Waals surface area contributed by atoms with Crippen LogP contribution in [0.5, 0.6) is 0 Å². The van der Waals surface area contributed by atoms with Crippen LogP contribution in [0.15, 0.2) is 158 Å². The van der Waals surface area contributed by atoms with Gasteiger partial charge in [-0.1, -0.05) is 135 Å². The first-order chi connectivity index (χ1) is 27.1. The van der Waals surface area contributed by atoms with Crippen molar-refractivity contribution in [2.45, 2.75) is 19.3 Å². The summed E-state index contributed by atoms with van der Waals surface area (Å²) in [6.07, 6.45) is 0. The SMILES string of the molecule is CC1(C)c2ccccc2-c2c1cc1c3cccc4c3c3c(cccc3n3c5ccccc5c2c13)n4-c1nc2ccc3ccccc3c2nc1-c1ccccc1. The lowest BCUT2D eigenvalue weighted by atomic mass is 9.81. The van der Waals surface area contributed by atoms with Crippen LogP contribution in [0.2, 0.25) is 0 Å². The minimum absolute atomic E-state index is 0.149. The highest BCUT2D eigenvalue weighted by Gasteiger charge is 2.38. The first kappa shape index (κ1) is 29.4. The summed E-state index contributed by atoms with van der Waals surface area (Å²) in [6.45, 7) is 4.78. The van der Waals surface area contributed by atoms with Crippen molar-refractivity contribution in [2.75, 3.05) is 0 Å². The zero-order valence-electron chi connectivity index (χ0n) is 30.3. The van der Waals surface area contributed by atoms with Crippen molar-refractivity contribution in [1.29, 1.82) is 0 Å². The van der Waals surface area contributed by atoms with Crippen LogP contribution in [0.1, 0.15) is 25.0 Å². The molecule has 0 spiro atoms. The van der Waals surface area contributed by atoms with E-state index in [1.165, 1.54) is 71.1 Å². The molecule has 0 bridgehead atoms. The van der Waals surface area contributed by atoms with Gasteiger partial charge in [-0.2, -0.15) is 0 Å². The second-order valence-corrected chi connectivity index (χ2v) is 15.7. The molecule has 12 aromatic rings. The second-order valence-electron chi connectivity index (χ2n) is 15.7. The zero-order valence-corrected chi connectivity index (χ0v) is 30.3. The van der Waals surface area contributed by atoms with Crippen LogP contribution in [-0.2, 0) is 5.41 Å². The van der Waals surface area contributed by atoms with Gasteiger partial charge in [0.2, 0.25) is 0 Å². The van der Waals surface area contributed by atoms with Crippen molar-refractivity contribution in [3.63, 3.8) is 0 Å². The fraction of sp³-hybridized carbons (Fsp3) is 0.0588. The molecule has 4 heteroatoms. The number of hydrogen-bond donors (Lipinski definition) is 0. The summed E-state index contributed by atoms with van der Waals surface area (Å²) in [7, 11) is 0. The Kier molecular flexibility index (Phi) is 5.42. The summed E-state index contributed by atoms with van der Waals surface area (Å²) in [4.78, 5) is 11.1. The quantitative estimate of drug-likeness (QED) is 0.168. The molecular formula is C51H32N4. The molecule has 55 heavy (non-hydrogen) atoms. The molecule has 4 nitrogen and oxygen atoms in total. The minimum atomic E-state index is -0.149. The van der Waals surface area contributed by atoms with Crippen LogP contribution in [0.25, 0.3) is 110 Å². The molecule has 0 amide bonds. The molecule has 0 radical (unpaired) electrons. The Morgan fingerprint density at radius 2 is 1.18 bits per heavy atom. The molecule has 0 saturated heterocycles. The van der Waals surface area contributed by atoms with Gasteiger partial charge in [0.25, 0.3) is 0 Å². The molecule has 4 heterocycles. The largest absolute Gasteiger partial charge is 0.308 e. The van der Waals surface area contributed by atoms with E-state index in [-0.39, 0.29) is 5.41 Å². The van der Waals surface area contributed by atoms with Crippen LogP contribution in [-0.4, -0.2) is 18.9 Å². The van der Waals surface area contributed by atoms with Gasteiger partial charge in [0.15, 0.2) is 5.82 Å². The van der Waals surface area contributed by atoms with E-state index in [1.807, 2.05) is 0 Å². The fourth-order valence-electron chi connectivity index (χ4n) is 10.2. The number of para-hydroxylation sites is 1. The minimum Gasteiger partial charge on any atom is -0.308 e. The van der Waals surface area contributed by atoms with Crippen molar-refractivity contribution in [2.24, 2.45) is 0 Å². The molecular weight excluding hydrogens is 669 g/mol. The average molecular weight is 701 g/mol. The lowest BCUT2D eigenvalue weighted by Gasteiger charge is -2.22. The van der Waals surface area contributed by atoms with Gasteiger partial charge in [-0.3, -0.25) is 4.57 Å². The van der Waals surface area contributed by atoms with Gasteiger partial charge in [-0.25, -0.2) is 9.97 Å². The molecule has 0 aliphatic heterocycles. The number of nitrogens with zero attached hydrogens (tertiary/aromatic N) is 4. The van der Waals surface area contributed by atoms with Gasteiger partial charge in [0.1, 0.15) is 5.69 Å². The summed E-state index contributed by atoms with van der Waals surface area (Å²) in [5.74, 6) is 0.831. The van der Waals surface area contributed by atoms with E-state index in [4.69, 9.17) is 9.97 Å². The molecule has 4 aromatic heterocycles. The van der Waals surface area contributed by atoms with Crippen molar-refractivity contribution < 1.29 is 0 Å². The maximum atomic E-state index is 5.55. The van der Waals surface area contributed by atoms with Crippen LogP contribution >= 0.6 is 0 Å². The van der Waals surface area contributed by atoms with Gasteiger partial charge < -0.3 is 4.40 Å². The van der Waals surface area contributed by atoms with Crippen LogP contribution < -0.4 is 0 Å². The fourth-order valence-corrected chi connectivity index (χ4v) is 10.2. The third kappa shape index (κ3) is 3.57. The molecule has 0 atom stereocenters. The van der Waals surface area contributed by atoms with Crippen molar-refractivity contribution in [1.82, 2.24) is 18.9 Å². The van der Waals surface area contributed by atoms with Crippen LogP contribution in [0.3, 0.4) is 0 Å². The normalized spacial score (nSPS) is 13.8. The van der Waals surface area contributed by atoms with Crippen LogP contribution in [0, 0.1) is 0 Å². The maximum Gasteiger partial charge on any atom is 0.165 e. The monoisotopic (exact) mass is 700 g/mol. The standard InChI is InChI=1S/C51H32N4/c1-51(2)36-21-10-8-18-33(36)43-37(51)28-35-32-20-12-23-40-44(32)46-41(54-39-22-11-9-19-34(39)45(43)49(35)54)24-13-25-42(46)55(40)50-47(30-15-4-3-5-16-30)53-48-31-17-7-6-14-29(31)26-27-38(48)52-50/h3-28H,1-2H3. The topological polar surface area (TPSA) is 35.1 Å². The summed E-state index contributed by atoms with van der Waals surface area (Å²) in [5, 5.41) is 9.88. The van der Waals surface area contributed by atoms with E-state index in [0.717, 1.165) is 49.9 Å². The Hall–Kier alpha value is -7.04. The van der Waals surface area contributed by atoms with Gasteiger partial charge in [-0.15, -0.1) is 0 Å². The predicted octanol–water partition coefficient (Wildman–Crippen LogP) is 13.0. The molecule has 0 N–H and O–H groups in total. The maximum absolute atomic E-state index is 5.55. The Morgan fingerprint density at radius 3 is 2.07 bits per heavy atom. The highest BCUT2D eigenvalue weighted by molar-refractivity contribution is 6.33. The molecule has 0 unspecified atom stereocenters. The first-order valence-electron chi connectivity index (χ1n) is 19.1. The van der Waals surface area contributed by atoms with Gasteiger partial charge in [-0.05, 0) is 69.4 Å². The Labute approximate surface area is 315 Å². The summed E-state index contributed by atoms with van der Waals surface area (Å²) in [5.41, 5.74) is 15.0. The van der Waals surface area contributed by atoms with Gasteiger partial charge >= 0.3 is 0 Å². The Bertz CT molecular complexity index is 3620. The van der Waals surface area contributed by atoms with E-state index in [2.05, 4.69) is 181 Å². The number of fused-ring (bicyclic) bond motifs is 12. The molecule has 0 fully saturated rings. The number of hydrogen-bond acceptors (Lipinski definition) is 2. The van der Waals surface area contributed by atoms with Gasteiger partial charge in [0.05, 0.1) is 38.6 Å². The molecule has 13 rings (SSSR count). The van der Waals surface area contributed by atoms with Crippen molar-refractivity contribution in [3.05, 3.63) is 169 Å². The number of benzene rings is 8. The van der Waals surface area contributed by atoms with E-state index >= 15 is 0 Å². The highest BCUT2D eigenvalue weighted by Crippen LogP contribution is 2.55. The van der Waals surface area contributed by atoms with E-state index < -0.39 is 0 Å². The average Bonchev–Trinajstić information content (AvgIpc) is 3.80. The summed E-state index contributed by atoms with van der Waals surface area (Å²) in [6, 6.07) is 57.5. The molecule has 1 aliphatic carbocycles. The number of aromatic nitrogens is 4. The smallest absolute Gasteiger partial charge is 0.165 e. The molecule has 1 aliphatic rings. The van der Waals surface area contributed by atoms with Crippen LogP contribution in [0.4, 0.5) is 0 Å². The van der Waals surface area contributed by atoms with E-state index in [9.17, 15) is 0 Å².